The van der Waals surface area contributed by atoms with Crippen LogP contribution < -0.4 is 0 Å². The smallest absolute Gasteiger partial charge is 0.0406 e. The van der Waals surface area contributed by atoms with Gasteiger partial charge < -0.3 is 4.90 Å². The highest BCUT2D eigenvalue weighted by molar-refractivity contribution is 6.30. The Morgan fingerprint density at radius 1 is 1.00 bits per heavy atom. The molecule has 2 nitrogen and oxygen atoms in total. The quantitative estimate of drug-likeness (QED) is 0.799. The lowest BCUT2D eigenvalue weighted by atomic mass is 10.2. The average molecular weight is 239 g/mol. The number of halogens is 1. The van der Waals surface area contributed by atoms with Gasteiger partial charge in [-0.2, -0.15) is 0 Å². The van der Waals surface area contributed by atoms with Crippen molar-refractivity contribution in [1.82, 2.24) is 9.80 Å². The van der Waals surface area contributed by atoms with Gasteiger partial charge in [0.15, 0.2) is 0 Å². The van der Waals surface area contributed by atoms with E-state index in [-0.39, 0.29) is 0 Å². The zero-order valence-electron chi connectivity index (χ0n) is 9.82. The maximum Gasteiger partial charge on any atom is 0.0406 e. The van der Waals surface area contributed by atoms with Crippen LogP contribution in [0.1, 0.15) is 12.5 Å². The van der Waals surface area contributed by atoms with Gasteiger partial charge >= 0.3 is 0 Å². The molecule has 0 aliphatic carbocycles. The second-order valence-electron chi connectivity index (χ2n) is 4.34. The van der Waals surface area contributed by atoms with Gasteiger partial charge in [0.25, 0.3) is 0 Å². The molecule has 1 aromatic carbocycles. The van der Waals surface area contributed by atoms with E-state index in [1.165, 1.54) is 38.3 Å². The Morgan fingerprint density at radius 3 is 2.12 bits per heavy atom. The zero-order valence-corrected chi connectivity index (χ0v) is 10.6. The number of nitrogens with zero attached hydrogens (tertiary/aromatic N) is 2. The minimum absolute atomic E-state index is 0.819. The number of piperazine rings is 1. The monoisotopic (exact) mass is 238 g/mol. The van der Waals surface area contributed by atoms with Gasteiger partial charge in [0.1, 0.15) is 0 Å². The summed E-state index contributed by atoms with van der Waals surface area (Å²) in [7, 11) is 0. The van der Waals surface area contributed by atoms with Gasteiger partial charge in [0, 0.05) is 37.7 Å². The molecule has 88 valence electrons. The zero-order chi connectivity index (χ0) is 11.4. The Hall–Kier alpha value is -0.570. The number of hydrogen-bond donors (Lipinski definition) is 0. The van der Waals surface area contributed by atoms with E-state index in [0.717, 1.165) is 11.6 Å². The third-order valence-electron chi connectivity index (χ3n) is 3.23. The van der Waals surface area contributed by atoms with Gasteiger partial charge in [0.2, 0.25) is 0 Å². The van der Waals surface area contributed by atoms with Crippen molar-refractivity contribution in [3.05, 3.63) is 34.9 Å². The van der Waals surface area contributed by atoms with Crippen LogP contribution in [-0.2, 0) is 6.54 Å². The highest BCUT2D eigenvalue weighted by Crippen LogP contribution is 2.12. The summed E-state index contributed by atoms with van der Waals surface area (Å²) >= 11 is 5.87. The van der Waals surface area contributed by atoms with Crippen LogP contribution in [0.25, 0.3) is 0 Å². The molecule has 0 radical (unpaired) electrons. The van der Waals surface area contributed by atoms with Crippen LogP contribution in [0.5, 0.6) is 0 Å². The molecule has 0 N–H and O–H groups in total. The molecule has 0 atom stereocenters. The summed E-state index contributed by atoms with van der Waals surface area (Å²) in [5.41, 5.74) is 1.36. The maximum atomic E-state index is 5.87. The summed E-state index contributed by atoms with van der Waals surface area (Å²) in [5, 5.41) is 0.819. The molecule has 1 aliphatic rings. The fourth-order valence-electron chi connectivity index (χ4n) is 2.11. The first-order valence-electron chi connectivity index (χ1n) is 5.97. The van der Waals surface area contributed by atoms with Crippen molar-refractivity contribution < 1.29 is 0 Å². The van der Waals surface area contributed by atoms with E-state index in [0.29, 0.717) is 0 Å². The Bertz CT molecular complexity index is 315. The summed E-state index contributed by atoms with van der Waals surface area (Å²) in [6.07, 6.45) is 0. The van der Waals surface area contributed by atoms with Crippen LogP contribution in [-0.4, -0.2) is 42.5 Å². The maximum absolute atomic E-state index is 5.87. The molecule has 0 bridgehead atoms. The van der Waals surface area contributed by atoms with Crippen LogP contribution in [0.2, 0.25) is 5.02 Å². The molecule has 1 fully saturated rings. The molecule has 2 rings (SSSR count). The van der Waals surface area contributed by atoms with E-state index in [9.17, 15) is 0 Å². The summed E-state index contributed by atoms with van der Waals surface area (Å²) in [4.78, 5) is 5.01. The van der Waals surface area contributed by atoms with Gasteiger partial charge in [-0.1, -0.05) is 30.7 Å². The van der Waals surface area contributed by atoms with Crippen molar-refractivity contribution in [2.24, 2.45) is 0 Å². The third kappa shape index (κ3) is 3.21. The lowest BCUT2D eigenvalue weighted by Gasteiger charge is -2.34. The van der Waals surface area contributed by atoms with E-state index in [2.05, 4.69) is 28.9 Å². The molecule has 0 aromatic heterocycles. The van der Waals surface area contributed by atoms with Crippen LogP contribution >= 0.6 is 11.6 Å². The molecule has 0 spiro atoms. The van der Waals surface area contributed by atoms with Gasteiger partial charge in [-0.15, -0.1) is 0 Å². The molecule has 0 amide bonds. The van der Waals surface area contributed by atoms with Gasteiger partial charge in [0.05, 0.1) is 0 Å². The largest absolute Gasteiger partial charge is 0.301 e. The Balaban J connectivity index is 1.84. The molecule has 1 saturated heterocycles. The fraction of sp³-hybridized carbons (Fsp3) is 0.538. The van der Waals surface area contributed by atoms with Crippen LogP contribution in [0.3, 0.4) is 0 Å². The first-order chi connectivity index (χ1) is 7.78. The van der Waals surface area contributed by atoms with Crippen molar-refractivity contribution in [3.63, 3.8) is 0 Å². The molecule has 1 aliphatic heterocycles. The summed E-state index contributed by atoms with van der Waals surface area (Å²) in [5.74, 6) is 0. The topological polar surface area (TPSA) is 6.48 Å². The molecule has 0 unspecified atom stereocenters. The van der Waals surface area contributed by atoms with Crippen molar-refractivity contribution in [2.75, 3.05) is 32.7 Å². The number of hydrogen-bond acceptors (Lipinski definition) is 2. The molecule has 1 heterocycles. The lowest BCUT2D eigenvalue weighted by molar-refractivity contribution is 0.132. The second-order valence-corrected chi connectivity index (χ2v) is 4.77. The predicted molar refractivity (Wildman–Crippen MR) is 68.8 cm³/mol. The van der Waals surface area contributed by atoms with Gasteiger partial charge in [-0.05, 0) is 24.2 Å². The molecule has 1 aromatic rings. The lowest BCUT2D eigenvalue weighted by Crippen LogP contribution is -2.45. The van der Waals surface area contributed by atoms with E-state index in [4.69, 9.17) is 11.6 Å². The van der Waals surface area contributed by atoms with Crippen LogP contribution in [0.4, 0.5) is 0 Å². The summed E-state index contributed by atoms with van der Waals surface area (Å²) < 4.78 is 0. The summed E-state index contributed by atoms with van der Waals surface area (Å²) in [6, 6.07) is 8.18. The fourth-order valence-corrected chi connectivity index (χ4v) is 2.24. The number of rotatable bonds is 3. The number of benzene rings is 1. The molecule has 0 saturated carbocycles. The Kier molecular flexibility index (Phi) is 4.22. The first kappa shape index (κ1) is 11.9. The second kappa shape index (κ2) is 5.67. The minimum Gasteiger partial charge on any atom is -0.301 e. The Labute approximate surface area is 103 Å². The first-order valence-corrected chi connectivity index (χ1v) is 6.35. The van der Waals surface area contributed by atoms with E-state index in [1.54, 1.807) is 0 Å². The van der Waals surface area contributed by atoms with E-state index in [1.807, 2.05) is 12.1 Å². The molecular weight excluding hydrogens is 220 g/mol. The van der Waals surface area contributed by atoms with Crippen LogP contribution in [0.15, 0.2) is 24.3 Å². The summed E-state index contributed by atoms with van der Waals surface area (Å²) in [6.45, 7) is 9.21. The molecule has 16 heavy (non-hydrogen) atoms. The van der Waals surface area contributed by atoms with Crippen molar-refractivity contribution in [3.8, 4) is 0 Å². The van der Waals surface area contributed by atoms with Crippen molar-refractivity contribution in [1.29, 1.82) is 0 Å². The normalized spacial score (nSPS) is 18.9. The van der Waals surface area contributed by atoms with E-state index >= 15 is 0 Å². The standard InChI is InChI=1S/C13H19ClN2/c1-2-15-7-9-16(10-8-15)11-12-3-5-13(14)6-4-12/h3-6H,2,7-11H2,1H3. The average Bonchev–Trinajstić information content (AvgIpc) is 2.33. The molecule has 3 heteroatoms. The van der Waals surface area contributed by atoms with Gasteiger partial charge in [-0.25, -0.2) is 0 Å². The van der Waals surface area contributed by atoms with Gasteiger partial charge in [-0.3, -0.25) is 4.90 Å². The SMILES string of the molecule is CCN1CCN(Cc2ccc(Cl)cc2)CC1. The molecular formula is C13H19ClN2. The van der Waals surface area contributed by atoms with Crippen molar-refractivity contribution >= 4 is 11.6 Å². The van der Waals surface area contributed by atoms with Crippen molar-refractivity contribution in [2.45, 2.75) is 13.5 Å². The highest BCUT2D eigenvalue weighted by Gasteiger charge is 2.15. The third-order valence-corrected chi connectivity index (χ3v) is 3.48. The minimum atomic E-state index is 0.819. The number of likely N-dealkylation sites (N-methyl/N-ethyl adjacent to an activating group) is 1. The van der Waals surface area contributed by atoms with E-state index < -0.39 is 0 Å². The highest BCUT2D eigenvalue weighted by atomic mass is 35.5. The van der Waals surface area contributed by atoms with Crippen LogP contribution in [0, 0.1) is 0 Å². The Morgan fingerprint density at radius 2 is 1.56 bits per heavy atom. The predicted octanol–water partition coefficient (Wildman–Crippen LogP) is 2.48.